The molecule has 0 saturated carbocycles. The third kappa shape index (κ3) is 7.33. The van der Waals surface area contributed by atoms with E-state index in [0.717, 1.165) is 79.0 Å². The van der Waals surface area contributed by atoms with E-state index in [-0.39, 0.29) is 12.1 Å². The van der Waals surface area contributed by atoms with E-state index >= 15 is 0 Å². The van der Waals surface area contributed by atoms with Crippen LogP contribution in [0.1, 0.15) is 31.9 Å². The lowest BCUT2D eigenvalue weighted by atomic mass is 9.33. The summed E-state index contributed by atoms with van der Waals surface area (Å²) in [6, 6.07) is 90.0. The number of anilines is 9. The molecule has 0 aromatic heterocycles. The molecule has 4 nitrogen and oxygen atoms in total. The lowest BCUT2D eigenvalue weighted by Gasteiger charge is -2.46. The van der Waals surface area contributed by atoms with E-state index in [1.807, 2.05) is 6.07 Å². The van der Waals surface area contributed by atoms with E-state index in [0.29, 0.717) is 5.56 Å². The van der Waals surface area contributed by atoms with Gasteiger partial charge in [0.2, 0.25) is 0 Å². The summed E-state index contributed by atoms with van der Waals surface area (Å²) in [7, 11) is 0. The van der Waals surface area contributed by atoms with Gasteiger partial charge in [0.15, 0.2) is 0 Å². The summed E-state index contributed by atoms with van der Waals surface area (Å²) in [6.45, 7) is 6.81. The van der Waals surface area contributed by atoms with Gasteiger partial charge in [-0.2, -0.15) is 5.26 Å². The van der Waals surface area contributed by atoms with Gasteiger partial charge in [-0.05, 0) is 135 Å². The first-order chi connectivity index (χ1) is 34.3. The van der Waals surface area contributed by atoms with Crippen LogP contribution in [0.15, 0.2) is 243 Å². The Labute approximate surface area is 411 Å². The molecule has 70 heavy (non-hydrogen) atoms. The zero-order valence-corrected chi connectivity index (χ0v) is 39.5. The molecule has 0 N–H and O–H groups in total. The van der Waals surface area contributed by atoms with E-state index in [1.54, 1.807) is 0 Å². The lowest BCUT2D eigenvalue weighted by molar-refractivity contribution is 0.590. The molecule has 0 aliphatic carbocycles. The molecule has 0 spiro atoms. The molecule has 5 heteroatoms. The predicted octanol–water partition coefficient (Wildman–Crippen LogP) is 15.4. The Hall–Kier alpha value is -8.85. The van der Waals surface area contributed by atoms with Gasteiger partial charge in [-0.3, -0.25) is 0 Å². The molecule has 0 radical (unpaired) electrons. The standard InChI is InChI=1S/C65H49BN4/c1-65(2,3)50-41-62-64-63(42-50)70(61-40-49(46-21-9-4-10-22-46)34-36-54(61)47-23-11-5-12-24-47)59-32-20-19-31-56(59)66(64)57-43-53(68(51-27-15-7-16-28-51)52-29-17-8-18-30-52)35-38-60(57)69(62)58-37-33-45(44-67)39-55(58)48-25-13-6-14-26-48/h4-43H,1-3H3. The first-order valence-electron chi connectivity index (χ1n) is 24.1. The summed E-state index contributed by atoms with van der Waals surface area (Å²) in [5.41, 5.74) is 21.8. The molecule has 0 bridgehead atoms. The van der Waals surface area contributed by atoms with Gasteiger partial charge in [-0.1, -0.05) is 178 Å². The van der Waals surface area contributed by atoms with Crippen molar-refractivity contribution in [3.8, 4) is 39.4 Å². The normalized spacial score (nSPS) is 12.4. The van der Waals surface area contributed by atoms with Crippen LogP contribution in [-0.2, 0) is 5.41 Å². The molecule has 12 rings (SSSR count). The average molecular weight is 897 g/mol. The summed E-state index contributed by atoms with van der Waals surface area (Å²) < 4.78 is 0. The molecular weight excluding hydrogens is 848 g/mol. The molecule has 2 aliphatic heterocycles. The molecule has 0 unspecified atom stereocenters. The number of nitrogens with zero attached hydrogens (tertiary/aromatic N) is 4. The summed E-state index contributed by atoms with van der Waals surface area (Å²) in [6.07, 6.45) is 0. The minimum atomic E-state index is -0.216. The highest BCUT2D eigenvalue weighted by Gasteiger charge is 2.45. The quantitative estimate of drug-likeness (QED) is 0.142. The molecule has 2 heterocycles. The fourth-order valence-electron chi connectivity index (χ4n) is 10.7. The zero-order chi connectivity index (χ0) is 47.3. The van der Waals surface area contributed by atoms with Gasteiger partial charge in [-0.25, -0.2) is 0 Å². The van der Waals surface area contributed by atoms with Crippen molar-refractivity contribution in [3.63, 3.8) is 0 Å². The molecule has 0 saturated heterocycles. The predicted molar refractivity (Wildman–Crippen MR) is 295 cm³/mol. The first kappa shape index (κ1) is 42.5. The van der Waals surface area contributed by atoms with E-state index < -0.39 is 0 Å². The number of para-hydroxylation sites is 3. The Morgan fingerprint density at radius 1 is 0.386 bits per heavy atom. The van der Waals surface area contributed by atoms with Gasteiger partial charge in [0, 0.05) is 50.9 Å². The monoisotopic (exact) mass is 896 g/mol. The zero-order valence-electron chi connectivity index (χ0n) is 39.5. The average Bonchev–Trinajstić information content (AvgIpc) is 3.42. The first-order valence-corrected chi connectivity index (χ1v) is 24.1. The van der Waals surface area contributed by atoms with Crippen molar-refractivity contribution in [2.45, 2.75) is 26.2 Å². The van der Waals surface area contributed by atoms with Crippen LogP contribution in [0.2, 0.25) is 0 Å². The largest absolute Gasteiger partial charge is 0.311 e. The van der Waals surface area contributed by atoms with Gasteiger partial charge in [0.1, 0.15) is 0 Å². The Morgan fingerprint density at radius 2 is 0.900 bits per heavy atom. The third-order valence-corrected chi connectivity index (χ3v) is 14.0. The van der Waals surface area contributed by atoms with Gasteiger partial charge < -0.3 is 14.7 Å². The number of benzene rings is 10. The Balaban J connectivity index is 1.20. The fourth-order valence-corrected chi connectivity index (χ4v) is 10.7. The van der Waals surface area contributed by atoms with Crippen molar-refractivity contribution in [1.29, 1.82) is 5.26 Å². The summed E-state index contributed by atoms with van der Waals surface area (Å²) in [4.78, 5) is 7.41. The van der Waals surface area contributed by atoms with Crippen LogP contribution < -0.4 is 31.1 Å². The van der Waals surface area contributed by atoms with E-state index in [4.69, 9.17) is 0 Å². The van der Waals surface area contributed by atoms with Gasteiger partial charge >= 0.3 is 0 Å². The number of hydrogen-bond acceptors (Lipinski definition) is 4. The number of rotatable bonds is 8. The molecule has 0 amide bonds. The van der Waals surface area contributed by atoms with Crippen LogP contribution in [0.5, 0.6) is 0 Å². The molecule has 332 valence electrons. The van der Waals surface area contributed by atoms with Crippen LogP contribution in [0.25, 0.3) is 33.4 Å². The maximum atomic E-state index is 10.4. The van der Waals surface area contributed by atoms with Gasteiger partial charge in [0.05, 0.1) is 23.0 Å². The second-order valence-electron chi connectivity index (χ2n) is 19.3. The van der Waals surface area contributed by atoms with E-state index in [1.165, 1.54) is 27.5 Å². The van der Waals surface area contributed by atoms with Crippen molar-refractivity contribution >= 4 is 74.3 Å². The minimum absolute atomic E-state index is 0.137. The van der Waals surface area contributed by atoms with Gasteiger partial charge in [0.25, 0.3) is 6.71 Å². The topological polar surface area (TPSA) is 33.5 Å². The highest BCUT2D eigenvalue weighted by atomic mass is 15.2. The number of fused-ring (bicyclic) bond motifs is 4. The van der Waals surface area contributed by atoms with Gasteiger partial charge in [-0.15, -0.1) is 0 Å². The van der Waals surface area contributed by atoms with E-state index in [9.17, 15) is 5.26 Å². The molecule has 2 aliphatic rings. The molecule has 0 atom stereocenters. The highest BCUT2D eigenvalue weighted by Crippen LogP contribution is 2.51. The maximum absolute atomic E-state index is 10.4. The Morgan fingerprint density at radius 3 is 1.50 bits per heavy atom. The Bertz CT molecular complexity index is 3560. The van der Waals surface area contributed by atoms with Crippen LogP contribution in [0, 0.1) is 11.3 Å². The second-order valence-corrected chi connectivity index (χ2v) is 19.3. The third-order valence-electron chi connectivity index (χ3n) is 14.0. The van der Waals surface area contributed by atoms with Crippen molar-refractivity contribution in [2.75, 3.05) is 14.7 Å². The van der Waals surface area contributed by atoms with Crippen LogP contribution in [0.3, 0.4) is 0 Å². The van der Waals surface area contributed by atoms with Crippen molar-refractivity contribution in [3.05, 3.63) is 254 Å². The van der Waals surface area contributed by atoms with Crippen LogP contribution in [-0.4, -0.2) is 6.71 Å². The lowest BCUT2D eigenvalue weighted by Crippen LogP contribution is -2.61. The van der Waals surface area contributed by atoms with Crippen LogP contribution in [0.4, 0.5) is 51.2 Å². The van der Waals surface area contributed by atoms with Crippen molar-refractivity contribution in [1.82, 2.24) is 0 Å². The maximum Gasteiger partial charge on any atom is 0.252 e. The second kappa shape index (κ2) is 17.3. The molecule has 0 fully saturated rings. The minimum Gasteiger partial charge on any atom is -0.311 e. The highest BCUT2D eigenvalue weighted by molar-refractivity contribution is 7.00. The fraction of sp³-hybridized carbons (Fsp3) is 0.0615. The summed E-state index contributed by atoms with van der Waals surface area (Å²) in [5.74, 6) is 0. The van der Waals surface area contributed by atoms with Crippen molar-refractivity contribution in [2.24, 2.45) is 0 Å². The molecular formula is C65H49BN4. The molecule has 10 aromatic rings. The smallest absolute Gasteiger partial charge is 0.252 e. The van der Waals surface area contributed by atoms with E-state index in [2.05, 4.69) is 278 Å². The Kier molecular flexibility index (Phi) is 10.5. The summed E-state index contributed by atoms with van der Waals surface area (Å²) >= 11 is 0. The number of nitriles is 1. The summed E-state index contributed by atoms with van der Waals surface area (Å²) in [5, 5.41) is 10.4. The SMILES string of the molecule is CC(C)(C)c1cc2c3c(c1)N(c1cc(-c4ccccc4)ccc1-c1ccccc1)c1ccccc1B3c1cc(N(c3ccccc3)c3ccccc3)ccc1N2c1ccc(C#N)cc1-c1ccccc1. The van der Waals surface area contributed by atoms with Crippen molar-refractivity contribution < 1.29 is 0 Å². The molecule has 10 aromatic carbocycles. The number of hydrogen-bond donors (Lipinski definition) is 0. The van der Waals surface area contributed by atoms with Crippen LogP contribution >= 0.6 is 0 Å².